The zero-order valence-corrected chi connectivity index (χ0v) is 11.0. The summed E-state index contributed by atoms with van der Waals surface area (Å²) in [4.78, 5) is 5.16. The van der Waals surface area contributed by atoms with Crippen molar-refractivity contribution in [3.8, 4) is 0 Å². The maximum absolute atomic E-state index is 3.40. The Balaban J connectivity index is 1.37. The van der Waals surface area contributed by atoms with Crippen LogP contribution in [0.2, 0.25) is 0 Å². The summed E-state index contributed by atoms with van der Waals surface area (Å²) in [6.45, 7) is 9.73. The molecule has 1 N–H and O–H groups in total. The van der Waals surface area contributed by atoms with Gasteiger partial charge in [0, 0.05) is 58.3 Å². The van der Waals surface area contributed by atoms with Crippen LogP contribution in [0.5, 0.6) is 0 Å². The van der Waals surface area contributed by atoms with Crippen molar-refractivity contribution in [1.82, 2.24) is 15.1 Å². The summed E-state index contributed by atoms with van der Waals surface area (Å²) in [7, 11) is 0. The zero-order valence-electron chi connectivity index (χ0n) is 11.0. The van der Waals surface area contributed by atoms with Gasteiger partial charge in [-0.3, -0.25) is 4.90 Å². The maximum Gasteiger partial charge on any atom is 0.0110 e. The Kier molecular flexibility index (Phi) is 3.93. The van der Waals surface area contributed by atoms with Crippen LogP contribution in [0, 0.1) is 0 Å². The second-order valence-electron chi connectivity index (χ2n) is 5.46. The molecule has 3 rings (SSSR count). The van der Waals surface area contributed by atoms with E-state index in [9.17, 15) is 0 Å². The Bertz CT molecular complexity index is 353. The van der Waals surface area contributed by atoms with Crippen LogP contribution in [-0.2, 0) is 0 Å². The third kappa shape index (κ3) is 2.91. The Labute approximate surface area is 110 Å². The van der Waals surface area contributed by atoms with Gasteiger partial charge in [-0.05, 0) is 5.56 Å². The van der Waals surface area contributed by atoms with Gasteiger partial charge in [-0.15, -0.1) is 0 Å². The lowest BCUT2D eigenvalue weighted by atomic mass is 9.91. The first-order chi connectivity index (χ1) is 8.92. The Morgan fingerprint density at radius 2 is 1.61 bits per heavy atom. The molecule has 0 spiro atoms. The number of nitrogens with zero attached hydrogens (tertiary/aromatic N) is 2. The van der Waals surface area contributed by atoms with Gasteiger partial charge in [0.25, 0.3) is 0 Å². The van der Waals surface area contributed by atoms with Crippen molar-refractivity contribution in [2.24, 2.45) is 0 Å². The first-order valence-electron chi connectivity index (χ1n) is 7.12. The molecule has 0 bridgehead atoms. The van der Waals surface area contributed by atoms with E-state index in [1.807, 2.05) is 0 Å². The van der Waals surface area contributed by atoms with Crippen LogP contribution in [0.4, 0.5) is 0 Å². The predicted molar refractivity (Wildman–Crippen MR) is 74.9 cm³/mol. The standard InChI is InChI=1S/C15H23N3/c1-2-4-14(5-3-1)15-12-18(13-15)11-10-17-8-6-16-7-9-17/h1-5,15-16H,6-13H2. The monoisotopic (exact) mass is 245 g/mol. The lowest BCUT2D eigenvalue weighted by Crippen LogP contribution is -2.50. The molecule has 0 aromatic heterocycles. The fourth-order valence-corrected chi connectivity index (χ4v) is 2.91. The fourth-order valence-electron chi connectivity index (χ4n) is 2.91. The first kappa shape index (κ1) is 12.2. The fraction of sp³-hybridized carbons (Fsp3) is 0.600. The van der Waals surface area contributed by atoms with E-state index < -0.39 is 0 Å². The summed E-state index contributed by atoms with van der Waals surface area (Å²) in [5.41, 5.74) is 1.51. The van der Waals surface area contributed by atoms with Gasteiger partial charge in [0.15, 0.2) is 0 Å². The van der Waals surface area contributed by atoms with E-state index >= 15 is 0 Å². The minimum Gasteiger partial charge on any atom is -0.314 e. The molecule has 0 unspecified atom stereocenters. The quantitative estimate of drug-likeness (QED) is 0.853. The molecule has 3 heteroatoms. The smallest absolute Gasteiger partial charge is 0.0110 e. The molecule has 2 aliphatic heterocycles. The van der Waals surface area contributed by atoms with E-state index in [4.69, 9.17) is 0 Å². The number of rotatable bonds is 4. The van der Waals surface area contributed by atoms with E-state index in [0.29, 0.717) is 0 Å². The maximum atomic E-state index is 3.40. The number of hydrogen-bond donors (Lipinski definition) is 1. The summed E-state index contributed by atoms with van der Waals surface area (Å²) in [6, 6.07) is 10.9. The van der Waals surface area contributed by atoms with E-state index in [-0.39, 0.29) is 0 Å². The van der Waals surface area contributed by atoms with Crippen LogP contribution in [0.1, 0.15) is 11.5 Å². The molecule has 1 aromatic carbocycles. The molecule has 18 heavy (non-hydrogen) atoms. The lowest BCUT2D eigenvalue weighted by molar-refractivity contribution is 0.119. The molecule has 98 valence electrons. The third-order valence-corrected chi connectivity index (χ3v) is 4.17. The molecule has 0 saturated carbocycles. The summed E-state index contributed by atoms with van der Waals surface area (Å²) in [5.74, 6) is 0.772. The van der Waals surface area contributed by atoms with Crippen LogP contribution in [0.15, 0.2) is 30.3 Å². The number of likely N-dealkylation sites (tertiary alicyclic amines) is 1. The van der Waals surface area contributed by atoms with Gasteiger partial charge < -0.3 is 10.2 Å². The third-order valence-electron chi connectivity index (χ3n) is 4.17. The highest BCUT2D eigenvalue weighted by Gasteiger charge is 2.27. The SMILES string of the molecule is c1ccc(C2CN(CCN3CCNCC3)C2)cc1. The van der Waals surface area contributed by atoms with Gasteiger partial charge in [0.05, 0.1) is 0 Å². The molecular formula is C15H23N3. The Morgan fingerprint density at radius 1 is 0.944 bits per heavy atom. The molecule has 0 aliphatic carbocycles. The zero-order chi connectivity index (χ0) is 12.2. The predicted octanol–water partition coefficient (Wildman–Crippen LogP) is 0.991. The molecule has 2 aliphatic rings. The molecule has 3 nitrogen and oxygen atoms in total. The van der Waals surface area contributed by atoms with Crippen molar-refractivity contribution in [2.45, 2.75) is 5.92 Å². The molecule has 2 heterocycles. The van der Waals surface area contributed by atoms with Crippen LogP contribution in [0.25, 0.3) is 0 Å². The average molecular weight is 245 g/mol. The number of hydrogen-bond acceptors (Lipinski definition) is 3. The number of nitrogens with one attached hydrogen (secondary N) is 1. The molecule has 2 saturated heterocycles. The van der Waals surface area contributed by atoms with Crippen LogP contribution in [0.3, 0.4) is 0 Å². The molecule has 0 radical (unpaired) electrons. The second kappa shape index (κ2) is 5.83. The van der Waals surface area contributed by atoms with Gasteiger partial charge >= 0.3 is 0 Å². The Morgan fingerprint density at radius 3 is 2.33 bits per heavy atom. The van der Waals surface area contributed by atoms with E-state index in [1.165, 1.54) is 44.8 Å². The highest BCUT2D eigenvalue weighted by Crippen LogP contribution is 2.26. The summed E-state index contributed by atoms with van der Waals surface area (Å²) in [6.07, 6.45) is 0. The van der Waals surface area contributed by atoms with Gasteiger partial charge in [0.1, 0.15) is 0 Å². The highest BCUT2D eigenvalue weighted by atomic mass is 15.2. The van der Waals surface area contributed by atoms with Crippen LogP contribution in [-0.4, -0.2) is 62.2 Å². The van der Waals surface area contributed by atoms with Gasteiger partial charge in [-0.25, -0.2) is 0 Å². The summed E-state index contributed by atoms with van der Waals surface area (Å²) < 4.78 is 0. The lowest BCUT2D eigenvalue weighted by Gasteiger charge is -2.41. The normalized spacial score (nSPS) is 22.9. The van der Waals surface area contributed by atoms with Gasteiger partial charge in [0.2, 0.25) is 0 Å². The topological polar surface area (TPSA) is 18.5 Å². The molecule has 0 amide bonds. The average Bonchev–Trinajstić information content (AvgIpc) is 2.39. The van der Waals surface area contributed by atoms with E-state index in [0.717, 1.165) is 19.0 Å². The van der Waals surface area contributed by atoms with Crippen molar-refractivity contribution in [1.29, 1.82) is 0 Å². The van der Waals surface area contributed by atoms with Crippen molar-refractivity contribution in [3.05, 3.63) is 35.9 Å². The van der Waals surface area contributed by atoms with Crippen molar-refractivity contribution in [3.63, 3.8) is 0 Å². The van der Waals surface area contributed by atoms with E-state index in [1.54, 1.807) is 0 Å². The van der Waals surface area contributed by atoms with Crippen molar-refractivity contribution >= 4 is 0 Å². The Hall–Kier alpha value is -0.900. The number of piperazine rings is 1. The second-order valence-corrected chi connectivity index (χ2v) is 5.46. The number of benzene rings is 1. The molecule has 1 aromatic rings. The summed E-state index contributed by atoms with van der Waals surface area (Å²) >= 11 is 0. The summed E-state index contributed by atoms with van der Waals surface area (Å²) in [5, 5.41) is 3.40. The van der Waals surface area contributed by atoms with Crippen LogP contribution >= 0.6 is 0 Å². The minimum absolute atomic E-state index is 0.772. The first-order valence-corrected chi connectivity index (χ1v) is 7.12. The van der Waals surface area contributed by atoms with Crippen LogP contribution < -0.4 is 5.32 Å². The minimum atomic E-state index is 0.772. The highest BCUT2D eigenvalue weighted by molar-refractivity contribution is 5.22. The van der Waals surface area contributed by atoms with Gasteiger partial charge in [-0.1, -0.05) is 30.3 Å². The van der Waals surface area contributed by atoms with E-state index in [2.05, 4.69) is 45.4 Å². The van der Waals surface area contributed by atoms with Gasteiger partial charge in [-0.2, -0.15) is 0 Å². The molecule has 0 atom stereocenters. The van der Waals surface area contributed by atoms with Crippen molar-refractivity contribution < 1.29 is 0 Å². The van der Waals surface area contributed by atoms with Crippen molar-refractivity contribution in [2.75, 3.05) is 52.4 Å². The molecule has 2 fully saturated rings. The molecular weight excluding hydrogens is 222 g/mol. The largest absolute Gasteiger partial charge is 0.314 e.